The molecule has 1 atom stereocenters. The number of hydrogen-bond donors (Lipinski definition) is 1. The van der Waals surface area contributed by atoms with Crippen LogP contribution in [0, 0.1) is 17.0 Å². The fourth-order valence-electron chi connectivity index (χ4n) is 2.43. The molecule has 0 aliphatic heterocycles. The minimum atomic E-state index is -0.578. The van der Waals surface area contributed by atoms with Gasteiger partial charge in [0.15, 0.2) is 0 Å². The van der Waals surface area contributed by atoms with E-state index >= 15 is 0 Å². The Bertz CT molecular complexity index is 625. The number of benzene rings is 2. The van der Waals surface area contributed by atoms with Crippen LogP contribution in [0.15, 0.2) is 48.5 Å². The molecule has 0 bridgehead atoms. The molecule has 0 heterocycles. The lowest BCUT2D eigenvalue weighted by Gasteiger charge is -2.12. The van der Waals surface area contributed by atoms with Crippen molar-refractivity contribution in [2.45, 2.75) is 32.3 Å². The molecule has 0 fully saturated rings. The van der Waals surface area contributed by atoms with Gasteiger partial charge in [-0.05, 0) is 30.9 Å². The van der Waals surface area contributed by atoms with Crippen molar-refractivity contribution in [1.29, 1.82) is 0 Å². The number of para-hydroxylation sites is 1. The highest BCUT2D eigenvalue weighted by molar-refractivity contribution is 5.40. The van der Waals surface area contributed by atoms with E-state index in [4.69, 9.17) is 0 Å². The van der Waals surface area contributed by atoms with Gasteiger partial charge in [0, 0.05) is 18.1 Å². The number of aryl methyl sites for hydroxylation is 2. The van der Waals surface area contributed by atoms with Crippen LogP contribution >= 0.6 is 0 Å². The van der Waals surface area contributed by atoms with Crippen LogP contribution in [0.5, 0.6) is 0 Å². The first-order valence-electron chi connectivity index (χ1n) is 7.03. The van der Waals surface area contributed by atoms with Gasteiger partial charge in [-0.15, -0.1) is 0 Å². The Labute approximate surface area is 124 Å². The summed E-state index contributed by atoms with van der Waals surface area (Å²) in [6.45, 7) is 2.05. The first-order valence-corrected chi connectivity index (χ1v) is 7.03. The fourth-order valence-corrected chi connectivity index (χ4v) is 2.43. The number of nitrogens with zero attached hydrogens (tertiary/aromatic N) is 1. The SMILES string of the molecule is Cc1ccccc1CCC(O)Cc1ccccc1[N+](=O)[O-]. The molecule has 0 radical (unpaired) electrons. The van der Waals surface area contributed by atoms with Crippen molar-refractivity contribution >= 4 is 5.69 Å². The van der Waals surface area contributed by atoms with Crippen LogP contribution in [0.3, 0.4) is 0 Å². The van der Waals surface area contributed by atoms with Gasteiger partial charge in [-0.2, -0.15) is 0 Å². The summed E-state index contributed by atoms with van der Waals surface area (Å²) in [6.07, 6.45) is 1.10. The zero-order valence-electron chi connectivity index (χ0n) is 12.0. The van der Waals surface area contributed by atoms with Crippen molar-refractivity contribution in [3.05, 3.63) is 75.3 Å². The Hall–Kier alpha value is -2.20. The maximum atomic E-state index is 11.0. The van der Waals surface area contributed by atoms with Gasteiger partial charge < -0.3 is 5.11 Å². The smallest absolute Gasteiger partial charge is 0.272 e. The Morgan fingerprint density at radius 3 is 2.38 bits per heavy atom. The first kappa shape index (κ1) is 15.2. The van der Waals surface area contributed by atoms with Gasteiger partial charge in [-0.1, -0.05) is 42.5 Å². The van der Waals surface area contributed by atoms with Gasteiger partial charge in [0.05, 0.1) is 11.0 Å². The number of nitro benzene ring substituents is 1. The largest absolute Gasteiger partial charge is 0.393 e. The Morgan fingerprint density at radius 2 is 1.71 bits per heavy atom. The zero-order valence-corrected chi connectivity index (χ0v) is 12.0. The molecule has 0 aromatic heterocycles. The summed E-state index contributed by atoms with van der Waals surface area (Å²) >= 11 is 0. The highest BCUT2D eigenvalue weighted by atomic mass is 16.6. The third-order valence-electron chi connectivity index (χ3n) is 3.65. The molecular formula is C17H19NO3. The molecule has 2 aromatic carbocycles. The molecule has 1 unspecified atom stereocenters. The summed E-state index contributed by atoms with van der Waals surface area (Å²) in [5, 5.41) is 21.1. The van der Waals surface area contributed by atoms with Crippen LogP contribution in [0.1, 0.15) is 23.1 Å². The van der Waals surface area contributed by atoms with Crippen LogP contribution in [0.4, 0.5) is 5.69 Å². The van der Waals surface area contributed by atoms with E-state index in [-0.39, 0.29) is 5.69 Å². The number of aliphatic hydroxyl groups excluding tert-OH is 1. The summed E-state index contributed by atoms with van der Waals surface area (Å²) in [5.41, 5.74) is 3.07. The molecule has 0 amide bonds. The molecule has 0 saturated heterocycles. The van der Waals surface area contributed by atoms with Gasteiger partial charge in [-0.3, -0.25) is 10.1 Å². The second-order valence-corrected chi connectivity index (χ2v) is 5.21. The van der Waals surface area contributed by atoms with Gasteiger partial charge in [0.25, 0.3) is 5.69 Å². The zero-order chi connectivity index (χ0) is 15.2. The molecule has 0 saturated carbocycles. The topological polar surface area (TPSA) is 63.4 Å². The summed E-state index contributed by atoms with van der Waals surface area (Å²) in [6, 6.07) is 14.6. The number of hydrogen-bond acceptors (Lipinski definition) is 3. The second-order valence-electron chi connectivity index (χ2n) is 5.21. The molecule has 4 nitrogen and oxygen atoms in total. The van der Waals surface area contributed by atoms with E-state index in [2.05, 4.69) is 0 Å². The molecule has 110 valence electrons. The lowest BCUT2D eigenvalue weighted by atomic mass is 9.98. The van der Waals surface area contributed by atoms with Crippen molar-refractivity contribution in [3.63, 3.8) is 0 Å². The van der Waals surface area contributed by atoms with Gasteiger partial charge in [0.2, 0.25) is 0 Å². The standard InChI is InChI=1S/C17H19NO3/c1-13-6-2-3-7-14(13)10-11-16(19)12-15-8-4-5-9-17(15)18(20)21/h2-9,16,19H,10-12H2,1H3. The van der Waals surface area contributed by atoms with Gasteiger partial charge in [-0.25, -0.2) is 0 Å². The average Bonchev–Trinajstić information content (AvgIpc) is 2.47. The van der Waals surface area contributed by atoms with Gasteiger partial charge in [0.1, 0.15) is 0 Å². The van der Waals surface area contributed by atoms with E-state index in [1.54, 1.807) is 18.2 Å². The molecule has 2 aromatic rings. The molecule has 21 heavy (non-hydrogen) atoms. The third kappa shape index (κ3) is 4.13. The van der Waals surface area contributed by atoms with E-state index in [1.807, 2.05) is 31.2 Å². The fraction of sp³-hybridized carbons (Fsp3) is 0.294. The molecule has 0 aliphatic carbocycles. The number of nitro groups is 1. The lowest BCUT2D eigenvalue weighted by Crippen LogP contribution is -2.13. The van der Waals surface area contributed by atoms with E-state index in [0.29, 0.717) is 18.4 Å². The second kappa shape index (κ2) is 6.99. The normalized spacial score (nSPS) is 12.1. The highest BCUT2D eigenvalue weighted by Gasteiger charge is 2.16. The predicted octanol–water partition coefficient (Wildman–Crippen LogP) is 3.44. The maximum Gasteiger partial charge on any atom is 0.272 e. The van der Waals surface area contributed by atoms with Crippen LogP contribution in [-0.2, 0) is 12.8 Å². The van der Waals surface area contributed by atoms with Crippen molar-refractivity contribution in [1.82, 2.24) is 0 Å². The Morgan fingerprint density at radius 1 is 1.10 bits per heavy atom. The highest BCUT2D eigenvalue weighted by Crippen LogP contribution is 2.21. The molecule has 4 heteroatoms. The molecule has 2 rings (SSSR count). The van der Waals surface area contributed by atoms with E-state index < -0.39 is 11.0 Å². The van der Waals surface area contributed by atoms with Crippen LogP contribution in [-0.4, -0.2) is 16.1 Å². The van der Waals surface area contributed by atoms with Crippen molar-refractivity contribution in [2.24, 2.45) is 0 Å². The summed E-state index contributed by atoms with van der Waals surface area (Å²) < 4.78 is 0. The molecule has 1 N–H and O–H groups in total. The molecule has 0 aliphatic rings. The minimum absolute atomic E-state index is 0.0763. The Kier molecular flexibility index (Phi) is 5.06. The molecular weight excluding hydrogens is 266 g/mol. The van der Waals surface area contributed by atoms with Gasteiger partial charge >= 0.3 is 0 Å². The quantitative estimate of drug-likeness (QED) is 0.653. The monoisotopic (exact) mass is 285 g/mol. The van der Waals surface area contributed by atoms with Crippen LogP contribution < -0.4 is 0 Å². The summed E-state index contributed by atoms with van der Waals surface area (Å²) in [4.78, 5) is 10.6. The summed E-state index contributed by atoms with van der Waals surface area (Å²) in [7, 11) is 0. The van der Waals surface area contributed by atoms with E-state index in [1.165, 1.54) is 17.2 Å². The van der Waals surface area contributed by atoms with Crippen molar-refractivity contribution in [2.75, 3.05) is 0 Å². The van der Waals surface area contributed by atoms with Crippen LogP contribution in [0.2, 0.25) is 0 Å². The minimum Gasteiger partial charge on any atom is -0.393 e. The van der Waals surface area contributed by atoms with E-state index in [9.17, 15) is 15.2 Å². The van der Waals surface area contributed by atoms with E-state index in [0.717, 1.165) is 6.42 Å². The average molecular weight is 285 g/mol. The third-order valence-corrected chi connectivity index (χ3v) is 3.65. The summed E-state index contributed by atoms with van der Waals surface area (Å²) in [5.74, 6) is 0. The lowest BCUT2D eigenvalue weighted by molar-refractivity contribution is -0.385. The van der Waals surface area contributed by atoms with Crippen LogP contribution in [0.25, 0.3) is 0 Å². The number of aliphatic hydroxyl groups is 1. The first-order chi connectivity index (χ1) is 10.1. The maximum absolute atomic E-state index is 11.0. The van der Waals surface area contributed by atoms with Crippen molar-refractivity contribution < 1.29 is 10.0 Å². The number of rotatable bonds is 6. The predicted molar refractivity (Wildman–Crippen MR) is 82.3 cm³/mol. The molecule has 0 spiro atoms. The Balaban J connectivity index is 1.98. The van der Waals surface area contributed by atoms with Crippen molar-refractivity contribution in [3.8, 4) is 0 Å².